The van der Waals surface area contributed by atoms with Gasteiger partial charge in [0, 0.05) is 28.9 Å². The SMILES string of the molecule is COc1ncccc1-c1cc(C2CCC2)nc(N)c1C#N. The Bertz CT molecular complexity index is 717. The lowest BCUT2D eigenvalue weighted by Crippen LogP contribution is -2.13. The summed E-state index contributed by atoms with van der Waals surface area (Å²) in [5.74, 6) is 1.21. The molecule has 0 aromatic carbocycles. The molecule has 2 aromatic heterocycles. The van der Waals surface area contributed by atoms with E-state index in [1.807, 2.05) is 18.2 Å². The molecule has 0 radical (unpaired) electrons. The Labute approximate surface area is 123 Å². The number of nitrogens with two attached hydrogens (primary N) is 1. The molecule has 3 rings (SSSR count). The topological polar surface area (TPSA) is 84.8 Å². The van der Waals surface area contributed by atoms with E-state index < -0.39 is 0 Å². The summed E-state index contributed by atoms with van der Waals surface area (Å²) in [6, 6.07) is 7.80. The summed E-state index contributed by atoms with van der Waals surface area (Å²) < 4.78 is 5.30. The van der Waals surface area contributed by atoms with Crippen LogP contribution in [-0.2, 0) is 0 Å². The number of nitrogen functional groups attached to an aromatic ring is 1. The van der Waals surface area contributed by atoms with E-state index in [4.69, 9.17) is 10.5 Å². The van der Waals surface area contributed by atoms with Gasteiger partial charge in [0.2, 0.25) is 5.88 Å². The Morgan fingerprint density at radius 2 is 2.19 bits per heavy atom. The van der Waals surface area contributed by atoms with Crippen molar-refractivity contribution in [2.24, 2.45) is 0 Å². The largest absolute Gasteiger partial charge is 0.481 e. The fraction of sp³-hybridized carbons (Fsp3) is 0.312. The second-order valence-electron chi connectivity index (χ2n) is 5.15. The Kier molecular flexibility index (Phi) is 3.44. The number of rotatable bonds is 3. The van der Waals surface area contributed by atoms with E-state index >= 15 is 0 Å². The summed E-state index contributed by atoms with van der Waals surface area (Å²) >= 11 is 0. The van der Waals surface area contributed by atoms with Crippen molar-refractivity contribution < 1.29 is 4.74 Å². The minimum absolute atomic E-state index is 0.280. The van der Waals surface area contributed by atoms with E-state index in [1.54, 1.807) is 13.3 Å². The predicted molar refractivity (Wildman–Crippen MR) is 79.7 cm³/mol. The van der Waals surface area contributed by atoms with E-state index in [0.717, 1.165) is 29.7 Å². The molecule has 5 nitrogen and oxygen atoms in total. The molecule has 0 aliphatic heterocycles. The highest BCUT2D eigenvalue weighted by atomic mass is 16.5. The molecule has 2 aromatic rings. The lowest BCUT2D eigenvalue weighted by molar-refractivity contribution is 0.399. The van der Waals surface area contributed by atoms with Gasteiger partial charge in [-0.25, -0.2) is 9.97 Å². The van der Waals surface area contributed by atoms with Crippen molar-refractivity contribution in [2.75, 3.05) is 12.8 Å². The first-order chi connectivity index (χ1) is 10.2. The van der Waals surface area contributed by atoms with Crippen LogP contribution in [0.25, 0.3) is 11.1 Å². The number of hydrogen-bond acceptors (Lipinski definition) is 5. The first kappa shape index (κ1) is 13.4. The standard InChI is InChI=1S/C16H16N4O/c1-21-16-11(6-3-7-19-16)12-8-14(10-4-2-5-10)20-15(18)13(12)9-17/h3,6-8,10H,2,4-5H2,1H3,(H2,18,20). The van der Waals surface area contributed by atoms with Crippen LogP contribution in [0.2, 0.25) is 0 Å². The van der Waals surface area contributed by atoms with Gasteiger partial charge >= 0.3 is 0 Å². The number of pyridine rings is 2. The number of nitrogens with zero attached hydrogens (tertiary/aromatic N) is 3. The van der Waals surface area contributed by atoms with E-state index in [1.165, 1.54) is 6.42 Å². The van der Waals surface area contributed by atoms with Gasteiger partial charge in [-0.2, -0.15) is 5.26 Å². The zero-order chi connectivity index (χ0) is 14.8. The zero-order valence-corrected chi connectivity index (χ0v) is 11.8. The molecular weight excluding hydrogens is 264 g/mol. The molecule has 1 saturated carbocycles. The van der Waals surface area contributed by atoms with Crippen LogP contribution in [0.5, 0.6) is 5.88 Å². The van der Waals surface area contributed by atoms with Gasteiger partial charge in [0.25, 0.3) is 0 Å². The van der Waals surface area contributed by atoms with Crippen LogP contribution >= 0.6 is 0 Å². The maximum absolute atomic E-state index is 9.39. The molecule has 1 fully saturated rings. The van der Waals surface area contributed by atoms with Crippen LogP contribution in [0.3, 0.4) is 0 Å². The van der Waals surface area contributed by atoms with E-state index in [0.29, 0.717) is 17.4 Å². The van der Waals surface area contributed by atoms with Crippen molar-refractivity contribution in [3.05, 3.63) is 35.7 Å². The van der Waals surface area contributed by atoms with Crippen LogP contribution in [0.15, 0.2) is 24.4 Å². The van der Waals surface area contributed by atoms with Crippen LogP contribution in [0.4, 0.5) is 5.82 Å². The molecule has 5 heteroatoms. The first-order valence-corrected chi connectivity index (χ1v) is 6.94. The molecule has 0 saturated heterocycles. The number of nitriles is 1. The summed E-state index contributed by atoms with van der Waals surface area (Å²) in [6.07, 6.45) is 5.13. The molecule has 106 valence electrons. The van der Waals surface area contributed by atoms with E-state index in [-0.39, 0.29) is 5.82 Å². The summed E-state index contributed by atoms with van der Waals surface area (Å²) in [7, 11) is 1.56. The summed E-state index contributed by atoms with van der Waals surface area (Å²) in [5, 5.41) is 9.39. The molecule has 1 aliphatic carbocycles. The third-order valence-electron chi connectivity index (χ3n) is 3.96. The highest BCUT2D eigenvalue weighted by Crippen LogP contribution is 2.39. The number of methoxy groups -OCH3 is 1. The highest BCUT2D eigenvalue weighted by Gasteiger charge is 2.24. The number of aromatic nitrogens is 2. The molecule has 0 atom stereocenters. The monoisotopic (exact) mass is 280 g/mol. The zero-order valence-electron chi connectivity index (χ0n) is 11.8. The summed E-state index contributed by atoms with van der Waals surface area (Å²) in [5.41, 5.74) is 8.84. The molecular formula is C16H16N4O. The Morgan fingerprint density at radius 1 is 1.38 bits per heavy atom. The fourth-order valence-electron chi connectivity index (χ4n) is 2.59. The van der Waals surface area contributed by atoms with E-state index in [9.17, 15) is 5.26 Å². The average molecular weight is 280 g/mol. The average Bonchev–Trinajstić information content (AvgIpc) is 2.45. The highest BCUT2D eigenvalue weighted by molar-refractivity contribution is 5.78. The van der Waals surface area contributed by atoms with Gasteiger partial charge < -0.3 is 10.5 Å². The van der Waals surface area contributed by atoms with Crippen molar-refractivity contribution in [1.29, 1.82) is 5.26 Å². The van der Waals surface area contributed by atoms with Crippen LogP contribution < -0.4 is 10.5 Å². The van der Waals surface area contributed by atoms with Crippen molar-refractivity contribution in [1.82, 2.24) is 9.97 Å². The second-order valence-corrected chi connectivity index (χ2v) is 5.15. The smallest absolute Gasteiger partial charge is 0.221 e. The molecule has 2 heterocycles. The summed E-state index contributed by atoms with van der Waals surface area (Å²) in [4.78, 5) is 8.60. The molecule has 0 unspecified atom stereocenters. The minimum atomic E-state index is 0.280. The van der Waals surface area contributed by atoms with Crippen LogP contribution in [0.1, 0.15) is 36.4 Å². The van der Waals surface area contributed by atoms with Crippen LogP contribution in [0, 0.1) is 11.3 Å². The van der Waals surface area contributed by atoms with Crippen molar-refractivity contribution in [3.63, 3.8) is 0 Å². The second kappa shape index (κ2) is 5.41. The Morgan fingerprint density at radius 3 is 2.81 bits per heavy atom. The Balaban J connectivity index is 2.19. The number of anilines is 1. The molecule has 1 aliphatic rings. The van der Waals surface area contributed by atoms with Gasteiger partial charge in [-0.3, -0.25) is 0 Å². The van der Waals surface area contributed by atoms with Gasteiger partial charge in [0.15, 0.2) is 0 Å². The fourth-order valence-corrected chi connectivity index (χ4v) is 2.59. The van der Waals surface area contributed by atoms with Gasteiger partial charge in [0.05, 0.1) is 7.11 Å². The maximum Gasteiger partial charge on any atom is 0.221 e. The van der Waals surface area contributed by atoms with Crippen molar-refractivity contribution in [3.8, 4) is 23.1 Å². The third kappa shape index (κ3) is 2.29. The lowest BCUT2D eigenvalue weighted by Gasteiger charge is -2.25. The van der Waals surface area contributed by atoms with Crippen LogP contribution in [-0.4, -0.2) is 17.1 Å². The maximum atomic E-state index is 9.39. The number of hydrogen-bond donors (Lipinski definition) is 1. The summed E-state index contributed by atoms with van der Waals surface area (Å²) in [6.45, 7) is 0. The normalized spacial score (nSPS) is 14.3. The van der Waals surface area contributed by atoms with Gasteiger partial charge in [0.1, 0.15) is 17.5 Å². The lowest BCUT2D eigenvalue weighted by atomic mass is 9.81. The predicted octanol–water partition coefficient (Wildman–Crippen LogP) is 2.87. The first-order valence-electron chi connectivity index (χ1n) is 6.94. The third-order valence-corrected chi connectivity index (χ3v) is 3.96. The van der Waals surface area contributed by atoms with Crippen molar-refractivity contribution >= 4 is 5.82 Å². The molecule has 0 bridgehead atoms. The minimum Gasteiger partial charge on any atom is -0.481 e. The molecule has 0 spiro atoms. The van der Waals surface area contributed by atoms with E-state index in [2.05, 4.69) is 16.0 Å². The van der Waals surface area contributed by atoms with Gasteiger partial charge in [-0.15, -0.1) is 0 Å². The van der Waals surface area contributed by atoms with Gasteiger partial charge in [-0.05, 0) is 31.0 Å². The van der Waals surface area contributed by atoms with Gasteiger partial charge in [-0.1, -0.05) is 6.42 Å². The molecule has 21 heavy (non-hydrogen) atoms. The quantitative estimate of drug-likeness (QED) is 0.934. The molecule has 2 N–H and O–H groups in total. The Hall–Kier alpha value is -2.61. The van der Waals surface area contributed by atoms with Crippen molar-refractivity contribution in [2.45, 2.75) is 25.2 Å². The number of ether oxygens (including phenoxy) is 1. The molecule has 0 amide bonds.